The number of nitrogens with one attached hydrogen (secondary N) is 1. The van der Waals surface area contributed by atoms with E-state index in [2.05, 4.69) is 5.32 Å². The summed E-state index contributed by atoms with van der Waals surface area (Å²) < 4.78 is 53.1. The number of anilines is 1. The molecule has 1 amide bonds. The van der Waals surface area contributed by atoms with Gasteiger partial charge < -0.3 is 14.8 Å². The second kappa shape index (κ2) is 9.95. The van der Waals surface area contributed by atoms with Crippen molar-refractivity contribution >= 4 is 21.6 Å². The van der Waals surface area contributed by atoms with Gasteiger partial charge in [-0.25, -0.2) is 12.8 Å². The summed E-state index contributed by atoms with van der Waals surface area (Å²) in [5.74, 6) is 0.191. The fraction of sp³-hybridized carbons (Fsp3) is 0.269. The van der Waals surface area contributed by atoms with Gasteiger partial charge in [0.2, 0.25) is 5.91 Å². The molecule has 1 heterocycles. The number of halogens is 1. The first-order valence-corrected chi connectivity index (χ1v) is 12.8. The average Bonchev–Trinajstić information content (AvgIpc) is 2.83. The van der Waals surface area contributed by atoms with Crippen molar-refractivity contribution in [3.63, 3.8) is 0 Å². The largest absolute Gasteiger partial charge is 0.490 e. The number of amides is 1. The fourth-order valence-corrected chi connectivity index (χ4v) is 5.76. The fourth-order valence-electron chi connectivity index (χ4n) is 4.11. The van der Waals surface area contributed by atoms with E-state index in [1.165, 1.54) is 24.3 Å². The van der Waals surface area contributed by atoms with E-state index in [1.807, 2.05) is 19.9 Å². The predicted molar refractivity (Wildman–Crippen MR) is 132 cm³/mol. The third-order valence-corrected chi connectivity index (χ3v) is 7.52. The summed E-state index contributed by atoms with van der Waals surface area (Å²) >= 11 is 0. The molecule has 0 bridgehead atoms. The number of carbonyl (C=O) groups is 1. The molecular formula is C26H27FN2O5S. The van der Waals surface area contributed by atoms with Crippen LogP contribution in [0.15, 0.2) is 65.6 Å². The maximum atomic E-state index is 14.0. The molecule has 7 nitrogen and oxygen atoms in total. The van der Waals surface area contributed by atoms with E-state index in [1.54, 1.807) is 37.3 Å². The highest BCUT2D eigenvalue weighted by Crippen LogP contribution is 2.43. The van der Waals surface area contributed by atoms with E-state index < -0.39 is 34.3 Å². The third-order valence-electron chi connectivity index (χ3n) is 5.70. The molecule has 9 heteroatoms. The van der Waals surface area contributed by atoms with Gasteiger partial charge in [-0.1, -0.05) is 24.3 Å². The molecule has 0 spiro atoms. The molecule has 3 aromatic rings. The zero-order valence-corrected chi connectivity index (χ0v) is 20.6. The van der Waals surface area contributed by atoms with Crippen molar-refractivity contribution in [1.29, 1.82) is 0 Å². The number of hydrogen-bond acceptors (Lipinski definition) is 5. The van der Waals surface area contributed by atoms with Gasteiger partial charge in [-0.15, -0.1) is 0 Å². The lowest BCUT2D eigenvalue weighted by Crippen LogP contribution is -2.43. The lowest BCUT2D eigenvalue weighted by Gasteiger charge is -2.32. The minimum atomic E-state index is -4.02. The molecule has 3 aromatic carbocycles. The summed E-state index contributed by atoms with van der Waals surface area (Å²) in [6, 6.07) is 15.2. The van der Waals surface area contributed by atoms with Crippen LogP contribution in [0.4, 0.5) is 10.1 Å². The molecule has 0 radical (unpaired) electrons. The quantitative estimate of drug-likeness (QED) is 0.488. The molecule has 1 aliphatic heterocycles. The molecule has 0 unspecified atom stereocenters. The highest BCUT2D eigenvalue weighted by Gasteiger charge is 2.36. The van der Waals surface area contributed by atoms with Crippen LogP contribution in [0, 0.1) is 5.82 Å². The van der Waals surface area contributed by atoms with E-state index in [9.17, 15) is 17.6 Å². The van der Waals surface area contributed by atoms with Crippen molar-refractivity contribution < 1.29 is 27.1 Å². The molecule has 0 saturated heterocycles. The highest BCUT2D eigenvalue weighted by atomic mass is 32.2. The zero-order valence-electron chi connectivity index (χ0n) is 19.7. The van der Waals surface area contributed by atoms with Gasteiger partial charge >= 0.3 is 0 Å². The predicted octanol–water partition coefficient (Wildman–Crippen LogP) is 4.68. The highest BCUT2D eigenvalue weighted by molar-refractivity contribution is 7.93. The number of hydrogen-bond donors (Lipinski definition) is 1. The number of fused-ring (bicyclic) bond motifs is 3. The molecule has 1 atom stereocenters. The van der Waals surface area contributed by atoms with Crippen LogP contribution in [0.3, 0.4) is 0 Å². The summed E-state index contributed by atoms with van der Waals surface area (Å²) in [5, 5.41) is 2.85. The molecule has 35 heavy (non-hydrogen) atoms. The number of sulfonamides is 1. The van der Waals surface area contributed by atoms with Crippen LogP contribution >= 0.6 is 0 Å². The van der Waals surface area contributed by atoms with Crippen molar-refractivity contribution in [2.24, 2.45) is 0 Å². The standard InChI is InChI=1S/C26H27FN2O5S/c1-4-33-23-13-10-18(14-24(23)34-5-2)17(3)28-26(30)16-29-22-12-11-19(27)15-21(22)20-8-6-7-9-25(20)35(29,31)32/h6-15,17H,4-5,16H2,1-3H3,(H,28,30)/t17-/m0/s1. The van der Waals surface area contributed by atoms with Gasteiger partial charge in [0.25, 0.3) is 10.0 Å². The van der Waals surface area contributed by atoms with E-state index >= 15 is 0 Å². The second-order valence-electron chi connectivity index (χ2n) is 8.03. The Bertz CT molecular complexity index is 1360. The van der Waals surface area contributed by atoms with Gasteiger partial charge in [-0.05, 0) is 62.7 Å². The van der Waals surface area contributed by atoms with Crippen molar-refractivity contribution in [2.45, 2.75) is 31.7 Å². The number of carbonyl (C=O) groups excluding carboxylic acids is 1. The monoisotopic (exact) mass is 498 g/mol. The molecule has 184 valence electrons. The van der Waals surface area contributed by atoms with Crippen molar-refractivity contribution in [1.82, 2.24) is 5.32 Å². The Hall–Kier alpha value is -3.59. The molecule has 0 saturated carbocycles. The van der Waals surface area contributed by atoms with Crippen LogP contribution in [0.1, 0.15) is 32.4 Å². The van der Waals surface area contributed by atoms with Gasteiger partial charge in [0.15, 0.2) is 11.5 Å². The van der Waals surface area contributed by atoms with Crippen LogP contribution < -0.4 is 19.1 Å². The zero-order chi connectivity index (χ0) is 25.2. The van der Waals surface area contributed by atoms with Crippen molar-refractivity contribution in [3.05, 3.63) is 72.0 Å². The van der Waals surface area contributed by atoms with Crippen molar-refractivity contribution in [3.8, 4) is 22.6 Å². The van der Waals surface area contributed by atoms with E-state index in [4.69, 9.17) is 9.47 Å². The Morgan fingerprint density at radius 2 is 1.69 bits per heavy atom. The normalized spacial score (nSPS) is 14.5. The van der Waals surface area contributed by atoms with Crippen LogP contribution in [-0.4, -0.2) is 34.1 Å². The Morgan fingerprint density at radius 1 is 0.971 bits per heavy atom. The molecule has 1 N–H and O–H groups in total. The Balaban J connectivity index is 1.59. The van der Waals surface area contributed by atoms with E-state index in [0.717, 1.165) is 9.87 Å². The maximum Gasteiger partial charge on any atom is 0.265 e. The molecule has 0 fully saturated rings. The SMILES string of the molecule is CCOc1ccc([C@H](C)NC(=O)CN2c3ccc(F)cc3-c3ccccc3S2(=O)=O)cc1OCC. The average molecular weight is 499 g/mol. The minimum Gasteiger partial charge on any atom is -0.490 e. The van der Waals surface area contributed by atoms with E-state index in [0.29, 0.717) is 35.8 Å². The van der Waals surface area contributed by atoms with Gasteiger partial charge in [-0.3, -0.25) is 9.10 Å². The van der Waals surface area contributed by atoms with Crippen LogP contribution in [0.25, 0.3) is 11.1 Å². The molecule has 0 aliphatic carbocycles. The van der Waals surface area contributed by atoms with E-state index in [-0.39, 0.29) is 10.6 Å². The first-order chi connectivity index (χ1) is 16.8. The summed E-state index contributed by atoms with van der Waals surface area (Å²) in [5.41, 5.74) is 1.86. The minimum absolute atomic E-state index is 0.0341. The molecule has 1 aliphatic rings. The second-order valence-corrected chi connectivity index (χ2v) is 9.86. The van der Waals surface area contributed by atoms with Gasteiger partial charge in [0.1, 0.15) is 12.4 Å². The van der Waals surface area contributed by atoms with Crippen LogP contribution in [0.2, 0.25) is 0 Å². The number of ether oxygens (including phenoxy) is 2. The van der Waals surface area contributed by atoms with Gasteiger partial charge in [-0.2, -0.15) is 0 Å². The van der Waals surface area contributed by atoms with Gasteiger partial charge in [0, 0.05) is 11.1 Å². The van der Waals surface area contributed by atoms with Crippen LogP contribution in [0.5, 0.6) is 11.5 Å². The third kappa shape index (κ3) is 4.81. The molecule has 0 aromatic heterocycles. The first-order valence-electron chi connectivity index (χ1n) is 11.4. The topological polar surface area (TPSA) is 84.9 Å². The van der Waals surface area contributed by atoms with Crippen LogP contribution in [-0.2, 0) is 14.8 Å². The first kappa shape index (κ1) is 24.5. The maximum absolute atomic E-state index is 14.0. The number of benzene rings is 3. The smallest absolute Gasteiger partial charge is 0.265 e. The Kier molecular flexibility index (Phi) is 6.98. The lowest BCUT2D eigenvalue weighted by molar-refractivity contribution is -0.120. The molecule has 4 rings (SSSR count). The lowest BCUT2D eigenvalue weighted by atomic mass is 10.0. The summed E-state index contributed by atoms with van der Waals surface area (Å²) in [7, 11) is -4.02. The Labute approximate surface area is 204 Å². The van der Waals surface area contributed by atoms with Gasteiger partial charge in [0.05, 0.1) is 29.8 Å². The number of nitrogens with zero attached hydrogens (tertiary/aromatic N) is 1. The number of rotatable bonds is 8. The summed E-state index contributed by atoms with van der Waals surface area (Å²) in [6.07, 6.45) is 0. The summed E-state index contributed by atoms with van der Waals surface area (Å²) in [4.78, 5) is 13.0. The molecular weight excluding hydrogens is 471 g/mol. The Morgan fingerprint density at radius 3 is 2.43 bits per heavy atom. The summed E-state index contributed by atoms with van der Waals surface area (Å²) in [6.45, 7) is 6.05. The van der Waals surface area contributed by atoms with Crippen molar-refractivity contribution in [2.75, 3.05) is 24.1 Å².